The molecule has 2 atom stereocenters. The third kappa shape index (κ3) is 3.99. The molecule has 2 aromatic carbocycles. The average Bonchev–Trinajstić information content (AvgIpc) is 2.55. The summed E-state index contributed by atoms with van der Waals surface area (Å²) in [5.41, 5.74) is 0.638. The highest BCUT2D eigenvalue weighted by Gasteiger charge is 2.28. The Balaban J connectivity index is 1.91. The first kappa shape index (κ1) is 16.2. The molecular weight excluding hydrogens is 324 g/mol. The number of ether oxygens (including phenoxy) is 2. The molecule has 3 nitrogen and oxygen atoms in total. The molecule has 2 aromatic rings. The second-order valence-electron chi connectivity index (χ2n) is 5.28. The molecule has 1 saturated heterocycles. The molecule has 6 heteroatoms. The van der Waals surface area contributed by atoms with Crippen LogP contribution < -0.4 is 10.1 Å². The van der Waals surface area contributed by atoms with Gasteiger partial charge in [-0.25, -0.2) is 8.78 Å². The van der Waals surface area contributed by atoms with E-state index in [4.69, 9.17) is 21.1 Å². The summed E-state index contributed by atoms with van der Waals surface area (Å²) >= 11 is 6.04. The van der Waals surface area contributed by atoms with Crippen LogP contribution in [-0.4, -0.2) is 25.8 Å². The molecule has 1 fully saturated rings. The summed E-state index contributed by atoms with van der Waals surface area (Å²) in [5.74, 6) is -0.471. The predicted molar refractivity (Wildman–Crippen MR) is 83.8 cm³/mol. The van der Waals surface area contributed by atoms with Crippen LogP contribution in [0.15, 0.2) is 42.5 Å². The number of rotatable bonds is 4. The van der Waals surface area contributed by atoms with E-state index in [9.17, 15) is 8.78 Å². The van der Waals surface area contributed by atoms with Crippen LogP contribution in [0, 0.1) is 11.6 Å². The van der Waals surface area contributed by atoms with Gasteiger partial charge in [-0.2, -0.15) is 0 Å². The summed E-state index contributed by atoms with van der Waals surface area (Å²) in [6.07, 6.45) is -0.854. The highest BCUT2D eigenvalue weighted by atomic mass is 35.5. The van der Waals surface area contributed by atoms with Gasteiger partial charge in [-0.05, 0) is 35.9 Å². The van der Waals surface area contributed by atoms with Crippen molar-refractivity contribution in [3.05, 3.63) is 64.7 Å². The number of hydrogen-bond donors (Lipinski definition) is 1. The molecule has 1 unspecified atom stereocenters. The molecule has 0 amide bonds. The summed E-state index contributed by atoms with van der Waals surface area (Å²) in [4.78, 5) is 0. The second kappa shape index (κ2) is 7.25. The van der Waals surface area contributed by atoms with Crippen LogP contribution in [0.4, 0.5) is 8.78 Å². The van der Waals surface area contributed by atoms with Gasteiger partial charge >= 0.3 is 0 Å². The normalized spacial score (nSPS) is 19.3. The third-order valence-electron chi connectivity index (χ3n) is 3.62. The lowest BCUT2D eigenvalue weighted by atomic mass is 10.0. The van der Waals surface area contributed by atoms with Crippen molar-refractivity contribution in [2.45, 2.75) is 12.2 Å². The molecule has 0 bridgehead atoms. The zero-order valence-electron chi connectivity index (χ0n) is 12.3. The molecule has 0 saturated carbocycles. The first-order chi connectivity index (χ1) is 11.1. The Morgan fingerprint density at radius 1 is 1.17 bits per heavy atom. The molecular formula is C17H16ClF2NO2. The predicted octanol–water partition coefficient (Wildman–Crippen LogP) is 3.73. The van der Waals surface area contributed by atoms with E-state index in [2.05, 4.69) is 5.32 Å². The summed E-state index contributed by atoms with van der Waals surface area (Å²) in [6.45, 7) is 1.86. The number of benzene rings is 2. The van der Waals surface area contributed by atoms with Crippen molar-refractivity contribution < 1.29 is 18.3 Å². The lowest BCUT2D eigenvalue weighted by molar-refractivity contribution is -0.0433. The van der Waals surface area contributed by atoms with Crippen molar-refractivity contribution in [3.63, 3.8) is 0 Å². The third-order valence-corrected chi connectivity index (χ3v) is 3.91. The van der Waals surface area contributed by atoms with Gasteiger partial charge in [-0.15, -0.1) is 0 Å². The zero-order valence-corrected chi connectivity index (χ0v) is 13.0. The van der Waals surface area contributed by atoms with Gasteiger partial charge in [0.15, 0.2) is 6.10 Å². The van der Waals surface area contributed by atoms with E-state index in [0.29, 0.717) is 24.5 Å². The Bertz CT molecular complexity index is 677. The van der Waals surface area contributed by atoms with E-state index in [1.54, 1.807) is 12.1 Å². The van der Waals surface area contributed by atoms with Gasteiger partial charge in [0.2, 0.25) is 0 Å². The van der Waals surface area contributed by atoms with E-state index >= 15 is 0 Å². The Kier molecular flexibility index (Phi) is 5.10. The highest BCUT2D eigenvalue weighted by molar-refractivity contribution is 6.32. The molecule has 122 valence electrons. The monoisotopic (exact) mass is 339 g/mol. The summed E-state index contributed by atoms with van der Waals surface area (Å²) < 4.78 is 38.5. The quantitative estimate of drug-likeness (QED) is 0.920. The van der Waals surface area contributed by atoms with Gasteiger partial charge in [0.25, 0.3) is 0 Å². The maximum Gasteiger partial charge on any atom is 0.151 e. The lowest BCUT2D eigenvalue weighted by Gasteiger charge is -2.31. The van der Waals surface area contributed by atoms with E-state index < -0.39 is 11.9 Å². The minimum atomic E-state index is -0.554. The smallest absolute Gasteiger partial charge is 0.151 e. The average molecular weight is 340 g/mol. The second-order valence-corrected chi connectivity index (χ2v) is 5.69. The highest BCUT2D eigenvalue weighted by Crippen LogP contribution is 2.32. The Morgan fingerprint density at radius 2 is 2.00 bits per heavy atom. The minimum Gasteiger partial charge on any atom is -0.481 e. The van der Waals surface area contributed by atoms with Crippen molar-refractivity contribution in [1.29, 1.82) is 0 Å². The number of nitrogens with one attached hydrogen (secondary N) is 1. The Labute approximate surface area is 138 Å². The fraction of sp³-hybridized carbons (Fsp3) is 0.294. The van der Waals surface area contributed by atoms with Gasteiger partial charge in [-0.3, -0.25) is 0 Å². The van der Waals surface area contributed by atoms with Gasteiger partial charge in [0.05, 0.1) is 11.6 Å². The van der Waals surface area contributed by atoms with Crippen LogP contribution >= 0.6 is 11.6 Å². The molecule has 0 aromatic heterocycles. The molecule has 0 radical (unpaired) electrons. The van der Waals surface area contributed by atoms with Gasteiger partial charge < -0.3 is 14.8 Å². The summed E-state index contributed by atoms with van der Waals surface area (Å²) in [7, 11) is 0. The van der Waals surface area contributed by atoms with E-state index in [1.807, 2.05) is 0 Å². The summed E-state index contributed by atoms with van der Waals surface area (Å²) in [6, 6.07) is 10.1. The minimum absolute atomic E-state index is 0.162. The maximum atomic E-state index is 13.6. The van der Waals surface area contributed by atoms with Gasteiger partial charge in [0.1, 0.15) is 23.5 Å². The van der Waals surface area contributed by atoms with Crippen molar-refractivity contribution in [2.24, 2.45) is 0 Å². The van der Waals surface area contributed by atoms with E-state index in [0.717, 1.165) is 6.54 Å². The van der Waals surface area contributed by atoms with Crippen molar-refractivity contribution in [3.8, 4) is 5.75 Å². The topological polar surface area (TPSA) is 30.5 Å². The van der Waals surface area contributed by atoms with Crippen LogP contribution in [0.2, 0.25) is 5.02 Å². The van der Waals surface area contributed by atoms with E-state index in [-0.39, 0.29) is 16.9 Å². The SMILES string of the molecule is Fc1cccc(C(Oc2ccc(F)cc2Cl)[C@@H]2CNCCO2)c1. The van der Waals surface area contributed by atoms with E-state index in [1.165, 1.54) is 30.3 Å². The first-order valence-electron chi connectivity index (χ1n) is 7.33. The van der Waals surface area contributed by atoms with Crippen molar-refractivity contribution in [1.82, 2.24) is 5.32 Å². The maximum absolute atomic E-state index is 13.6. The zero-order chi connectivity index (χ0) is 16.2. The number of hydrogen-bond acceptors (Lipinski definition) is 3. The standard InChI is InChI=1S/C17H16ClF2NO2/c18-14-9-13(20)4-5-15(14)23-17(16-10-21-6-7-22-16)11-2-1-3-12(19)8-11/h1-5,8-9,16-17,21H,6-7,10H2/t16-,17?/m0/s1. The first-order valence-corrected chi connectivity index (χ1v) is 7.71. The van der Waals surface area contributed by atoms with Crippen LogP contribution in [0.3, 0.4) is 0 Å². The number of morpholine rings is 1. The summed E-state index contributed by atoms with van der Waals surface area (Å²) in [5, 5.41) is 3.38. The molecule has 0 aliphatic carbocycles. The molecule has 1 aliphatic heterocycles. The Morgan fingerprint density at radius 3 is 2.70 bits per heavy atom. The fourth-order valence-electron chi connectivity index (χ4n) is 2.53. The molecule has 1 heterocycles. The van der Waals surface area contributed by atoms with Crippen LogP contribution in [0.1, 0.15) is 11.7 Å². The van der Waals surface area contributed by atoms with Crippen molar-refractivity contribution in [2.75, 3.05) is 19.7 Å². The Hall–Kier alpha value is -1.69. The molecule has 3 rings (SSSR count). The largest absolute Gasteiger partial charge is 0.481 e. The molecule has 1 aliphatic rings. The lowest BCUT2D eigenvalue weighted by Crippen LogP contribution is -2.43. The van der Waals surface area contributed by atoms with Crippen LogP contribution in [0.5, 0.6) is 5.75 Å². The van der Waals surface area contributed by atoms with Crippen molar-refractivity contribution >= 4 is 11.6 Å². The fourth-order valence-corrected chi connectivity index (χ4v) is 2.74. The number of halogens is 3. The van der Waals surface area contributed by atoms with Gasteiger partial charge in [-0.1, -0.05) is 23.7 Å². The van der Waals surface area contributed by atoms with Crippen LogP contribution in [0.25, 0.3) is 0 Å². The van der Waals surface area contributed by atoms with Gasteiger partial charge in [0, 0.05) is 13.1 Å². The van der Waals surface area contributed by atoms with Crippen LogP contribution in [-0.2, 0) is 4.74 Å². The molecule has 0 spiro atoms. The molecule has 23 heavy (non-hydrogen) atoms. The molecule has 1 N–H and O–H groups in total.